The molecule has 4 rings (SSSR count). The molecule has 23 heavy (non-hydrogen) atoms. The summed E-state index contributed by atoms with van der Waals surface area (Å²) in [4.78, 5) is 12.5. The Hall–Kier alpha value is -1.18. The normalized spacial score (nSPS) is 29.5. The number of hydrogen-bond acceptors (Lipinski definition) is 5. The van der Waals surface area contributed by atoms with Crippen molar-refractivity contribution >= 4 is 24.8 Å². The van der Waals surface area contributed by atoms with Gasteiger partial charge < -0.3 is 19.5 Å². The van der Waals surface area contributed by atoms with Gasteiger partial charge >= 0.3 is 13.1 Å². The van der Waals surface area contributed by atoms with Crippen LogP contribution >= 0.6 is 11.8 Å². The Morgan fingerprint density at radius 2 is 2.30 bits per heavy atom. The minimum absolute atomic E-state index is 0.119. The molecule has 2 fully saturated rings. The van der Waals surface area contributed by atoms with Gasteiger partial charge in [0.1, 0.15) is 11.3 Å². The monoisotopic (exact) mass is 334 g/mol. The number of carboxylic acid groups (broad SMARTS) is 1. The van der Waals surface area contributed by atoms with Gasteiger partial charge in [-0.3, -0.25) is 0 Å². The van der Waals surface area contributed by atoms with Crippen LogP contribution in [0.4, 0.5) is 0 Å². The molecule has 2 aliphatic heterocycles. The van der Waals surface area contributed by atoms with E-state index in [1.54, 1.807) is 0 Å². The van der Waals surface area contributed by atoms with Crippen LogP contribution in [-0.2, 0) is 4.74 Å². The zero-order valence-electron chi connectivity index (χ0n) is 12.9. The second kappa shape index (κ2) is 5.72. The summed E-state index contributed by atoms with van der Waals surface area (Å²) >= 11 is 1.52. The van der Waals surface area contributed by atoms with Crippen molar-refractivity contribution in [2.45, 2.75) is 54.2 Å². The minimum Gasteiger partial charge on any atom is -0.535 e. The van der Waals surface area contributed by atoms with Crippen LogP contribution in [0.25, 0.3) is 0 Å². The van der Waals surface area contributed by atoms with E-state index in [1.807, 2.05) is 12.1 Å². The van der Waals surface area contributed by atoms with E-state index in [9.17, 15) is 14.9 Å². The summed E-state index contributed by atoms with van der Waals surface area (Å²) in [5, 5.41) is 19.8. The highest BCUT2D eigenvalue weighted by Gasteiger charge is 2.54. The molecular weight excluding hydrogens is 315 g/mol. The molecule has 122 valence electrons. The molecule has 2 N–H and O–H groups in total. The summed E-state index contributed by atoms with van der Waals surface area (Å²) in [5.41, 5.74) is 1.11. The molecule has 1 aromatic rings. The number of hydrogen-bond donors (Lipinski definition) is 2. The predicted octanol–water partition coefficient (Wildman–Crippen LogP) is 2.77. The van der Waals surface area contributed by atoms with Crippen LogP contribution < -0.4 is 4.65 Å². The topological polar surface area (TPSA) is 76.0 Å². The molecule has 0 spiro atoms. The summed E-state index contributed by atoms with van der Waals surface area (Å²) in [6, 6.07) is 3.84. The highest BCUT2D eigenvalue weighted by atomic mass is 32.2. The van der Waals surface area contributed by atoms with Crippen molar-refractivity contribution in [3.8, 4) is 5.75 Å². The van der Waals surface area contributed by atoms with E-state index in [2.05, 4.69) is 6.92 Å². The van der Waals surface area contributed by atoms with Crippen LogP contribution in [0.3, 0.4) is 0 Å². The number of benzene rings is 1. The molecule has 0 aromatic heterocycles. The van der Waals surface area contributed by atoms with Gasteiger partial charge in [0.05, 0.1) is 6.10 Å². The van der Waals surface area contributed by atoms with Crippen LogP contribution in [-0.4, -0.2) is 41.2 Å². The van der Waals surface area contributed by atoms with Crippen LogP contribution in [0.15, 0.2) is 17.0 Å². The van der Waals surface area contributed by atoms with Gasteiger partial charge in [0.25, 0.3) is 0 Å². The van der Waals surface area contributed by atoms with Crippen molar-refractivity contribution in [3.63, 3.8) is 0 Å². The average Bonchev–Trinajstić information content (AvgIpc) is 3.13. The molecular formula is C16H19BO5S. The lowest BCUT2D eigenvalue weighted by molar-refractivity contribution is 0.0690. The molecule has 4 atom stereocenters. The second-order valence-electron chi connectivity index (χ2n) is 6.55. The Kier molecular flexibility index (Phi) is 3.82. The van der Waals surface area contributed by atoms with Gasteiger partial charge in [-0.15, -0.1) is 11.8 Å². The van der Waals surface area contributed by atoms with E-state index >= 15 is 0 Å². The molecule has 0 radical (unpaired) electrons. The average molecular weight is 334 g/mol. The van der Waals surface area contributed by atoms with E-state index in [1.165, 1.54) is 11.8 Å². The first-order valence-electron chi connectivity index (χ1n) is 8.09. The molecule has 2 heterocycles. The Morgan fingerprint density at radius 1 is 1.48 bits per heavy atom. The lowest BCUT2D eigenvalue weighted by Gasteiger charge is -2.24. The fourth-order valence-electron chi connectivity index (χ4n) is 3.64. The molecule has 0 unspecified atom stereocenters. The zero-order valence-corrected chi connectivity index (χ0v) is 13.7. The quantitative estimate of drug-likeness (QED) is 0.651. The third kappa shape index (κ3) is 2.64. The van der Waals surface area contributed by atoms with E-state index in [4.69, 9.17) is 9.39 Å². The maximum atomic E-state index is 11.8. The van der Waals surface area contributed by atoms with Gasteiger partial charge in [-0.05, 0) is 36.8 Å². The lowest BCUT2D eigenvalue weighted by Crippen LogP contribution is -2.27. The predicted molar refractivity (Wildman–Crippen MR) is 87.4 cm³/mol. The number of ether oxygens (including phenoxy) is 1. The molecule has 1 saturated heterocycles. The maximum Gasteiger partial charge on any atom is 0.526 e. The van der Waals surface area contributed by atoms with E-state index in [0.29, 0.717) is 10.6 Å². The molecule has 5 nitrogen and oxygen atoms in total. The van der Waals surface area contributed by atoms with Crippen LogP contribution in [0, 0.1) is 0 Å². The summed E-state index contributed by atoms with van der Waals surface area (Å²) in [7, 11) is -0.888. The van der Waals surface area contributed by atoms with Gasteiger partial charge in [-0.1, -0.05) is 13.0 Å². The van der Waals surface area contributed by atoms with Crippen molar-refractivity contribution in [1.82, 2.24) is 0 Å². The number of aromatic carboxylic acids is 1. The summed E-state index contributed by atoms with van der Waals surface area (Å²) < 4.78 is 11.3. The number of thioether (sulfide) groups is 1. The number of rotatable bonds is 4. The Balaban J connectivity index is 1.67. The number of fused-ring (bicyclic) bond motifs is 3. The number of carboxylic acids is 1. The fourth-order valence-corrected chi connectivity index (χ4v) is 4.86. The first-order chi connectivity index (χ1) is 11.1. The zero-order chi connectivity index (χ0) is 16.1. The van der Waals surface area contributed by atoms with Gasteiger partial charge in [-0.25, -0.2) is 4.79 Å². The third-order valence-corrected chi connectivity index (χ3v) is 6.28. The first-order valence-corrected chi connectivity index (χ1v) is 8.97. The molecule has 1 aliphatic carbocycles. The van der Waals surface area contributed by atoms with Gasteiger partial charge in [-0.2, -0.15) is 0 Å². The van der Waals surface area contributed by atoms with Crippen LogP contribution in [0.5, 0.6) is 5.75 Å². The summed E-state index contributed by atoms with van der Waals surface area (Å²) in [5.74, 6) is -0.293. The molecule has 1 aromatic carbocycles. The SMILES string of the molecule is C[C@@H](Sc1ccc2c(c1C(=O)O)OB(O)[C@H]1C[C@@H]21)[C@H]1CCCO1. The summed E-state index contributed by atoms with van der Waals surface area (Å²) in [6.07, 6.45) is 3.10. The van der Waals surface area contributed by atoms with Crippen LogP contribution in [0.2, 0.25) is 5.82 Å². The first kappa shape index (κ1) is 15.4. The highest BCUT2D eigenvalue weighted by molar-refractivity contribution is 8.00. The van der Waals surface area contributed by atoms with E-state index in [-0.39, 0.29) is 28.7 Å². The molecule has 0 bridgehead atoms. The standard InChI is InChI=1S/C16H19BO5S/c1-8(12-3-2-6-21-12)23-13-5-4-9-10-7-11(10)17(20)22-15(9)14(13)16(18)19/h4-5,8,10-12,20H,2-3,6-7H2,1H3,(H,18,19)/t8-,10+,11+,12-/m1/s1. The molecule has 1 saturated carbocycles. The smallest absolute Gasteiger partial charge is 0.526 e. The van der Waals surface area contributed by atoms with Gasteiger partial charge in [0.2, 0.25) is 0 Å². The van der Waals surface area contributed by atoms with Gasteiger partial charge in [0, 0.05) is 22.6 Å². The van der Waals surface area contributed by atoms with Crippen molar-refractivity contribution < 1.29 is 24.3 Å². The van der Waals surface area contributed by atoms with Crippen molar-refractivity contribution in [2.75, 3.05) is 6.61 Å². The summed E-state index contributed by atoms with van der Waals surface area (Å²) in [6.45, 7) is 2.85. The Morgan fingerprint density at radius 3 is 3.00 bits per heavy atom. The van der Waals surface area contributed by atoms with E-state index < -0.39 is 13.1 Å². The van der Waals surface area contributed by atoms with Crippen molar-refractivity contribution in [3.05, 3.63) is 23.3 Å². The molecule has 0 amide bonds. The Labute approximate surface area is 139 Å². The Bertz CT molecular complexity index is 646. The highest BCUT2D eigenvalue weighted by Crippen LogP contribution is 2.60. The molecule has 3 aliphatic rings. The fraction of sp³-hybridized carbons (Fsp3) is 0.562. The van der Waals surface area contributed by atoms with Crippen LogP contribution in [0.1, 0.15) is 48.0 Å². The van der Waals surface area contributed by atoms with Gasteiger partial charge in [0.15, 0.2) is 0 Å². The van der Waals surface area contributed by atoms with E-state index in [0.717, 1.165) is 31.4 Å². The molecule has 7 heteroatoms. The third-order valence-electron chi connectivity index (χ3n) is 5.01. The maximum absolute atomic E-state index is 11.8. The number of carbonyl (C=O) groups is 1. The minimum atomic E-state index is -1.00. The van der Waals surface area contributed by atoms with Crippen molar-refractivity contribution in [2.24, 2.45) is 0 Å². The lowest BCUT2D eigenvalue weighted by atomic mass is 9.77. The largest absolute Gasteiger partial charge is 0.535 e. The second-order valence-corrected chi connectivity index (χ2v) is 7.97. The van der Waals surface area contributed by atoms with Crippen molar-refractivity contribution in [1.29, 1.82) is 0 Å².